The zero-order valence-corrected chi connectivity index (χ0v) is 19.7. The number of carbonyl (C=O) groups is 2. The van der Waals surface area contributed by atoms with Crippen molar-refractivity contribution in [2.24, 2.45) is 0 Å². The van der Waals surface area contributed by atoms with Gasteiger partial charge in [-0.1, -0.05) is 60.5 Å². The summed E-state index contributed by atoms with van der Waals surface area (Å²) >= 11 is 12.1. The molecular formula is C25H25Cl2NO4. The summed E-state index contributed by atoms with van der Waals surface area (Å²) in [7, 11) is 1.60. The molecule has 1 amide bonds. The van der Waals surface area contributed by atoms with Crippen LogP contribution in [-0.4, -0.2) is 30.6 Å². The number of fused-ring (bicyclic) bond motifs is 1. The van der Waals surface area contributed by atoms with E-state index in [0.29, 0.717) is 33.3 Å². The molecule has 32 heavy (non-hydrogen) atoms. The molecule has 2 N–H and O–H groups in total. The second-order valence-electron chi connectivity index (χ2n) is 7.59. The average molecular weight is 474 g/mol. The maximum Gasteiger partial charge on any atom is 0.304 e. The number of aliphatic carboxylic acids is 1. The smallest absolute Gasteiger partial charge is 0.304 e. The number of benzene rings is 3. The predicted molar refractivity (Wildman–Crippen MR) is 128 cm³/mol. The first-order valence-electron chi connectivity index (χ1n) is 10.3. The van der Waals surface area contributed by atoms with E-state index in [1.165, 1.54) is 0 Å². The zero-order chi connectivity index (χ0) is 23.4. The minimum Gasteiger partial charge on any atom is -0.496 e. The van der Waals surface area contributed by atoms with Gasteiger partial charge in [-0.2, -0.15) is 0 Å². The van der Waals surface area contributed by atoms with Crippen LogP contribution < -0.4 is 10.1 Å². The number of carboxylic acids is 1. The van der Waals surface area contributed by atoms with Crippen molar-refractivity contribution < 1.29 is 19.4 Å². The van der Waals surface area contributed by atoms with Gasteiger partial charge in [0, 0.05) is 18.0 Å². The van der Waals surface area contributed by atoms with Crippen molar-refractivity contribution in [2.45, 2.75) is 32.6 Å². The number of hydrogen-bond donors (Lipinski definition) is 2. The van der Waals surface area contributed by atoms with Crippen LogP contribution in [0.25, 0.3) is 10.8 Å². The van der Waals surface area contributed by atoms with Crippen LogP contribution in [0.3, 0.4) is 0 Å². The Morgan fingerprint density at radius 3 is 2.38 bits per heavy atom. The Kier molecular flexibility index (Phi) is 7.64. The molecule has 3 aromatic rings. The molecule has 0 radical (unpaired) electrons. The van der Waals surface area contributed by atoms with Gasteiger partial charge in [0.1, 0.15) is 5.75 Å². The molecule has 7 heteroatoms. The SMILES string of the molecule is CCc1c(OC)c(C)c2ccccc2c1C(=O)NCC(CC(=O)O)c1ccc(Cl)c(Cl)c1. The second kappa shape index (κ2) is 10.2. The number of amides is 1. The Hall–Kier alpha value is -2.76. The molecule has 3 rings (SSSR count). The van der Waals surface area contributed by atoms with E-state index in [0.717, 1.165) is 21.9 Å². The summed E-state index contributed by atoms with van der Waals surface area (Å²) in [5, 5.41) is 14.8. The molecule has 0 aromatic heterocycles. The molecule has 0 aliphatic rings. The fourth-order valence-corrected chi connectivity index (χ4v) is 4.42. The van der Waals surface area contributed by atoms with Crippen LogP contribution in [0.1, 0.15) is 46.3 Å². The van der Waals surface area contributed by atoms with Crippen molar-refractivity contribution >= 4 is 45.9 Å². The van der Waals surface area contributed by atoms with Crippen molar-refractivity contribution in [2.75, 3.05) is 13.7 Å². The normalized spacial score (nSPS) is 11.9. The quantitative estimate of drug-likeness (QED) is 0.419. The third kappa shape index (κ3) is 4.84. The van der Waals surface area contributed by atoms with E-state index in [9.17, 15) is 14.7 Å². The fraction of sp³-hybridized carbons (Fsp3) is 0.280. The minimum atomic E-state index is -0.966. The number of nitrogens with one attached hydrogen (secondary N) is 1. The van der Waals surface area contributed by atoms with E-state index in [1.54, 1.807) is 25.3 Å². The summed E-state index contributed by atoms with van der Waals surface area (Å²) in [5.41, 5.74) is 3.06. The first kappa shape index (κ1) is 23.9. The lowest BCUT2D eigenvalue weighted by molar-refractivity contribution is -0.137. The lowest BCUT2D eigenvalue weighted by Crippen LogP contribution is -2.30. The first-order chi connectivity index (χ1) is 15.3. The Bertz CT molecular complexity index is 1180. The van der Waals surface area contributed by atoms with Gasteiger partial charge in [-0.25, -0.2) is 0 Å². The van der Waals surface area contributed by atoms with Crippen LogP contribution >= 0.6 is 23.2 Å². The summed E-state index contributed by atoms with van der Waals surface area (Å²) in [4.78, 5) is 24.9. The third-order valence-electron chi connectivity index (χ3n) is 5.65. The summed E-state index contributed by atoms with van der Waals surface area (Å²) < 4.78 is 5.65. The van der Waals surface area contributed by atoms with E-state index in [-0.39, 0.29) is 18.9 Å². The van der Waals surface area contributed by atoms with Crippen molar-refractivity contribution in [3.63, 3.8) is 0 Å². The van der Waals surface area contributed by atoms with Crippen LogP contribution in [0.15, 0.2) is 42.5 Å². The molecule has 0 aliphatic carbocycles. The molecule has 0 spiro atoms. The van der Waals surface area contributed by atoms with Gasteiger partial charge in [0.05, 0.1) is 29.1 Å². The van der Waals surface area contributed by atoms with Gasteiger partial charge in [0.25, 0.3) is 5.91 Å². The molecule has 168 valence electrons. The fourth-order valence-electron chi connectivity index (χ4n) is 4.12. The molecule has 0 bridgehead atoms. The maximum atomic E-state index is 13.4. The van der Waals surface area contributed by atoms with E-state index < -0.39 is 11.9 Å². The zero-order valence-electron chi connectivity index (χ0n) is 18.2. The monoisotopic (exact) mass is 473 g/mol. The molecule has 0 saturated heterocycles. The van der Waals surface area contributed by atoms with E-state index in [4.69, 9.17) is 27.9 Å². The van der Waals surface area contributed by atoms with Crippen LogP contribution in [-0.2, 0) is 11.2 Å². The number of carboxylic acid groups (broad SMARTS) is 1. The van der Waals surface area contributed by atoms with Gasteiger partial charge < -0.3 is 15.2 Å². The Morgan fingerprint density at radius 1 is 1.09 bits per heavy atom. The molecule has 0 saturated carbocycles. The number of rotatable bonds is 8. The number of carbonyl (C=O) groups excluding carboxylic acids is 1. The number of methoxy groups -OCH3 is 1. The summed E-state index contributed by atoms with van der Waals surface area (Å²) in [6, 6.07) is 12.7. The standard InChI is InChI=1S/C25H25Cl2NO4/c1-4-17-23(19-8-6-5-7-18(19)14(2)24(17)32-3)25(31)28-13-16(12-22(29)30)15-9-10-20(26)21(27)11-15/h5-11,16H,4,12-13H2,1-3H3,(H,28,31)(H,29,30). The first-order valence-corrected chi connectivity index (χ1v) is 11.1. The molecule has 1 unspecified atom stereocenters. The van der Waals surface area contributed by atoms with Crippen molar-refractivity contribution in [1.82, 2.24) is 5.32 Å². The predicted octanol–water partition coefficient (Wildman–Crippen LogP) is 6.01. The molecule has 1 atom stereocenters. The Balaban J connectivity index is 1.99. The number of halogens is 2. The van der Waals surface area contributed by atoms with Gasteiger partial charge in [-0.15, -0.1) is 0 Å². The Labute approximate surface area is 197 Å². The van der Waals surface area contributed by atoms with Gasteiger partial charge in [-0.05, 0) is 47.4 Å². The lowest BCUT2D eigenvalue weighted by atomic mass is 9.91. The molecule has 5 nitrogen and oxygen atoms in total. The van der Waals surface area contributed by atoms with Gasteiger partial charge >= 0.3 is 5.97 Å². The highest BCUT2D eigenvalue weighted by atomic mass is 35.5. The molecule has 0 heterocycles. The minimum absolute atomic E-state index is 0.136. The highest BCUT2D eigenvalue weighted by molar-refractivity contribution is 6.42. The van der Waals surface area contributed by atoms with Gasteiger partial charge in [0.2, 0.25) is 0 Å². The number of aryl methyl sites for hydroxylation is 1. The lowest BCUT2D eigenvalue weighted by Gasteiger charge is -2.21. The molecule has 0 aliphatic heterocycles. The van der Waals surface area contributed by atoms with Crippen molar-refractivity contribution in [3.8, 4) is 5.75 Å². The van der Waals surface area contributed by atoms with Gasteiger partial charge in [-0.3, -0.25) is 9.59 Å². The number of ether oxygens (including phenoxy) is 1. The second-order valence-corrected chi connectivity index (χ2v) is 8.40. The maximum absolute atomic E-state index is 13.4. The summed E-state index contributed by atoms with van der Waals surface area (Å²) in [6.45, 7) is 4.09. The van der Waals surface area contributed by atoms with E-state index in [2.05, 4.69) is 5.32 Å². The molecular weight excluding hydrogens is 449 g/mol. The average Bonchev–Trinajstić information content (AvgIpc) is 2.77. The highest BCUT2D eigenvalue weighted by Crippen LogP contribution is 2.36. The molecule has 3 aromatic carbocycles. The van der Waals surface area contributed by atoms with Crippen molar-refractivity contribution in [1.29, 1.82) is 0 Å². The van der Waals surface area contributed by atoms with Crippen LogP contribution in [0, 0.1) is 6.92 Å². The van der Waals surface area contributed by atoms with E-state index >= 15 is 0 Å². The van der Waals surface area contributed by atoms with Gasteiger partial charge in [0.15, 0.2) is 0 Å². The summed E-state index contributed by atoms with van der Waals surface area (Å²) in [6.07, 6.45) is 0.458. The van der Waals surface area contributed by atoms with E-state index in [1.807, 2.05) is 38.1 Å². The topological polar surface area (TPSA) is 75.6 Å². The van der Waals surface area contributed by atoms with Crippen molar-refractivity contribution in [3.05, 3.63) is 74.8 Å². The van der Waals surface area contributed by atoms with Crippen LogP contribution in [0.4, 0.5) is 0 Å². The third-order valence-corrected chi connectivity index (χ3v) is 6.39. The summed E-state index contributed by atoms with van der Waals surface area (Å²) in [5.74, 6) is -1.00. The largest absolute Gasteiger partial charge is 0.496 e. The Morgan fingerprint density at radius 2 is 1.78 bits per heavy atom. The highest BCUT2D eigenvalue weighted by Gasteiger charge is 2.23. The van der Waals surface area contributed by atoms with Crippen LogP contribution in [0.2, 0.25) is 10.0 Å². The molecule has 0 fully saturated rings. The van der Waals surface area contributed by atoms with Crippen LogP contribution in [0.5, 0.6) is 5.75 Å². The number of hydrogen-bond acceptors (Lipinski definition) is 3.